The Morgan fingerprint density at radius 1 is 1.11 bits per heavy atom. The minimum absolute atomic E-state index is 0.335. The molecule has 0 spiro atoms. The third-order valence-electron chi connectivity index (χ3n) is 2.91. The van der Waals surface area contributed by atoms with Gasteiger partial charge >= 0.3 is 0 Å². The predicted octanol–water partition coefficient (Wildman–Crippen LogP) is 0.713. The van der Waals surface area contributed by atoms with E-state index in [1.54, 1.807) is 14.2 Å². The Balaban J connectivity index is 2.96. The fourth-order valence-corrected chi connectivity index (χ4v) is 2.12. The molecule has 0 bridgehead atoms. The molecule has 1 rings (SSSR count). The Bertz CT molecular complexity index is 297. The van der Waals surface area contributed by atoms with Crippen molar-refractivity contribution in [3.8, 4) is 0 Å². The molecule has 1 fully saturated rings. The summed E-state index contributed by atoms with van der Waals surface area (Å²) in [5, 5.41) is 3.67. The van der Waals surface area contributed by atoms with Crippen molar-refractivity contribution in [3.63, 3.8) is 0 Å². The van der Waals surface area contributed by atoms with Crippen LogP contribution >= 0.6 is 0 Å². The molecule has 0 aromatic rings. The summed E-state index contributed by atoms with van der Waals surface area (Å²) in [7, 11) is 6.12. The molecule has 0 N–H and O–H groups in total. The molecule has 1 aliphatic rings. The van der Waals surface area contributed by atoms with Gasteiger partial charge in [0.25, 0.3) is 0 Å². The summed E-state index contributed by atoms with van der Waals surface area (Å²) < 4.78 is 26.6. The van der Waals surface area contributed by atoms with Crippen molar-refractivity contribution in [1.29, 1.82) is 0 Å². The third-order valence-corrected chi connectivity index (χ3v) is 2.91. The standard InChI is InChI=1S/C10H19N3O5/c1-14-5-6-8(15-2)9(16-3)7(12-13-11)10(17-4)18-6/h6-10H,5H2,1-4H3/t6-,7-,8-,9-,10-/m1/s1. The first-order chi connectivity index (χ1) is 8.73. The van der Waals surface area contributed by atoms with E-state index in [0.717, 1.165) is 0 Å². The molecule has 8 nitrogen and oxygen atoms in total. The molecule has 1 saturated heterocycles. The van der Waals surface area contributed by atoms with E-state index in [1.807, 2.05) is 0 Å². The van der Waals surface area contributed by atoms with Crippen LogP contribution in [-0.2, 0) is 23.7 Å². The molecule has 8 heteroatoms. The minimum Gasteiger partial charge on any atom is -0.382 e. The van der Waals surface area contributed by atoms with Crippen molar-refractivity contribution in [2.24, 2.45) is 5.11 Å². The molecule has 0 aromatic heterocycles. The molecule has 104 valence electrons. The van der Waals surface area contributed by atoms with Gasteiger partial charge in [0.2, 0.25) is 0 Å². The number of hydrogen-bond donors (Lipinski definition) is 0. The van der Waals surface area contributed by atoms with Crippen LogP contribution < -0.4 is 0 Å². The van der Waals surface area contributed by atoms with Crippen molar-refractivity contribution >= 4 is 0 Å². The van der Waals surface area contributed by atoms with Gasteiger partial charge in [0, 0.05) is 33.4 Å². The Morgan fingerprint density at radius 2 is 1.78 bits per heavy atom. The predicted molar refractivity (Wildman–Crippen MR) is 62.1 cm³/mol. The summed E-state index contributed by atoms with van der Waals surface area (Å²) in [6.45, 7) is 0.335. The van der Waals surface area contributed by atoms with Crippen LogP contribution in [0.2, 0.25) is 0 Å². The molecular formula is C10H19N3O5. The van der Waals surface area contributed by atoms with Gasteiger partial charge in [0.1, 0.15) is 18.2 Å². The van der Waals surface area contributed by atoms with E-state index < -0.39 is 24.5 Å². The molecule has 0 amide bonds. The topological polar surface area (TPSA) is 94.9 Å². The fourth-order valence-electron chi connectivity index (χ4n) is 2.12. The maximum Gasteiger partial charge on any atom is 0.168 e. The Labute approximate surface area is 106 Å². The molecule has 0 saturated carbocycles. The van der Waals surface area contributed by atoms with Crippen molar-refractivity contribution < 1.29 is 23.7 Å². The number of azide groups is 1. The van der Waals surface area contributed by atoms with E-state index in [0.29, 0.717) is 6.61 Å². The van der Waals surface area contributed by atoms with Crippen LogP contribution in [0.15, 0.2) is 5.11 Å². The summed E-state index contributed by atoms with van der Waals surface area (Å²) in [6, 6.07) is -0.608. The molecule has 18 heavy (non-hydrogen) atoms. The first kappa shape index (κ1) is 15.2. The lowest BCUT2D eigenvalue weighted by Gasteiger charge is -2.43. The molecule has 0 aromatic carbocycles. The van der Waals surface area contributed by atoms with E-state index in [-0.39, 0.29) is 6.10 Å². The highest BCUT2D eigenvalue weighted by atomic mass is 16.7. The monoisotopic (exact) mass is 261 g/mol. The van der Waals surface area contributed by atoms with E-state index in [9.17, 15) is 0 Å². The average Bonchev–Trinajstić information content (AvgIpc) is 2.39. The number of hydrogen-bond acceptors (Lipinski definition) is 6. The Hall–Kier alpha value is -0.890. The highest BCUT2D eigenvalue weighted by molar-refractivity contribution is 4.95. The summed E-state index contributed by atoms with van der Waals surface area (Å²) in [4.78, 5) is 2.79. The quantitative estimate of drug-likeness (QED) is 0.398. The molecule has 1 aliphatic heterocycles. The van der Waals surface area contributed by atoms with Crippen LogP contribution in [0.1, 0.15) is 0 Å². The van der Waals surface area contributed by atoms with Crippen molar-refractivity contribution in [2.45, 2.75) is 30.6 Å². The SMILES string of the molecule is COC[C@H]1O[C@@H](OC)[C@H](N=[N+]=[N-])[C@@H](OC)[C@@H]1OC. The van der Waals surface area contributed by atoms with Crippen LogP contribution in [0.25, 0.3) is 10.4 Å². The molecule has 0 radical (unpaired) electrons. The summed E-state index contributed by atoms with van der Waals surface area (Å²) in [5.74, 6) is 0. The zero-order valence-electron chi connectivity index (χ0n) is 11.0. The highest BCUT2D eigenvalue weighted by Gasteiger charge is 2.46. The van der Waals surface area contributed by atoms with Gasteiger partial charge in [-0.05, 0) is 5.53 Å². The van der Waals surface area contributed by atoms with Crippen LogP contribution in [0.5, 0.6) is 0 Å². The smallest absolute Gasteiger partial charge is 0.168 e. The second-order valence-electron chi connectivity index (χ2n) is 3.83. The maximum absolute atomic E-state index is 8.60. The van der Waals surface area contributed by atoms with Gasteiger partial charge in [0.15, 0.2) is 6.29 Å². The molecule has 0 unspecified atom stereocenters. The Kier molecular flexibility index (Phi) is 6.34. The zero-order chi connectivity index (χ0) is 13.5. The largest absolute Gasteiger partial charge is 0.382 e. The van der Waals surface area contributed by atoms with Crippen LogP contribution in [0, 0.1) is 0 Å². The van der Waals surface area contributed by atoms with Crippen molar-refractivity contribution in [2.75, 3.05) is 35.0 Å². The van der Waals surface area contributed by atoms with Gasteiger partial charge < -0.3 is 23.7 Å². The number of nitrogens with zero attached hydrogens (tertiary/aromatic N) is 3. The third kappa shape index (κ3) is 3.11. The summed E-state index contributed by atoms with van der Waals surface area (Å²) in [5.41, 5.74) is 8.60. The van der Waals surface area contributed by atoms with E-state index >= 15 is 0 Å². The van der Waals surface area contributed by atoms with Gasteiger partial charge in [-0.1, -0.05) is 5.11 Å². The molecule has 0 aliphatic carbocycles. The number of ether oxygens (including phenoxy) is 5. The van der Waals surface area contributed by atoms with Crippen LogP contribution in [0.3, 0.4) is 0 Å². The second kappa shape index (κ2) is 7.52. The first-order valence-electron chi connectivity index (χ1n) is 5.50. The van der Waals surface area contributed by atoms with Gasteiger partial charge in [-0.2, -0.15) is 0 Å². The van der Waals surface area contributed by atoms with Gasteiger partial charge in [-0.3, -0.25) is 0 Å². The van der Waals surface area contributed by atoms with Gasteiger partial charge in [0.05, 0.1) is 12.7 Å². The summed E-state index contributed by atoms with van der Waals surface area (Å²) in [6.07, 6.45) is -1.88. The lowest BCUT2D eigenvalue weighted by molar-refractivity contribution is -0.267. The molecule has 5 atom stereocenters. The van der Waals surface area contributed by atoms with Gasteiger partial charge in [-0.25, -0.2) is 0 Å². The van der Waals surface area contributed by atoms with E-state index in [4.69, 9.17) is 29.2 Å². The van der Waals surface area contributed by atoms with E-state index in [2.05, 4.69) is 10.0 Å². The number of rotatable bonds is 6. The van der Waals surface area contributed by atoms with Crippen LogP contribution in [-0.4, -0.2) is 65.7 Å². The van der Waals surface area contributed by atoms with Crippen molar-refractivity contribution in [3.05, 3.63) is 10.4 Å². The average molecular weight is 261 g/mol. The lowest BCUT2D eigenvalue weighted by Crippen LogP contribution is -2.59. The lowest BCUT2D eigenvalue weighted by atomic mass is 9.97. The highest BCUT2D eigenvalue weighted by Crippen LogP contribution is 2.28. The summed E-state index contributed by atoms with van der Waals surface area (Å²) >= 11 is 0. The van der Waals surface area contributed by atoms with E-state index in [1.165, 1.54) is 14.2 Å². The normalized spacial score (nSPS) is 36.1. The second-order valence-corrected chi connectivity index (χ2v) is 3.83. The molecule has 1 heterocycles. The van der Waals surface area contributed by atoms with Crippen LogP contribution in [0.4, 0.5) is 0 Å². The minimum atomic E-state index is -0.683. The Morgan fingerprint density at radius 3 is 2.22 bits per heavy atom. The first-order valence-corrected chi connectivity index (χ1v) is 5.50. The zero-order valence-corrected chi connectivity index (χ0v) is 11.0. The van der Waals surface area contributed by atoms with Gasteiger partial charge in [-0.15, -0.1) is 0 Å². The fraction of sp³-hybridized carbons (Fsp3) is 1.00. The molecular weight excluding hydrogens is 242 g/mol. The number of methoxy groups -OCH3 is 4. The maximum atomic E-state index is 8.60. The van der Waals surface area contributed by atoms with Crippen molar-refractivity contribution in [1.82, 2.24) is 0 Å².